The molecular formula is C15H18O4. The molecule has 0 radical (unpaired) electrons. The molecule has 1 atom stereocenters. The summed E-state index contributed by atoms with van der Waals surface area (Å²) in [6, 6.07) is 4.61. The van der Waals surface area contributed by atoms with Crippen LogP contribution in [0, 0.1) is 0 Å². The van der Waals surface area contributed by atoms with Crippen LogP contribution in [0.25, 0.3) is 0 Å². The van der Waals surface area contributed by atoms with Crippen LogP contribution in [0.15, 0.2) is 29.8 Å². The minimum absolute atomic E-state index is 0.0822. The maximum absolute atomic E-state index is 11.9. The van der Waals surface area contributed by atoms with E-state index in [9.17, 15) is 14.7 Å². The first kappa shape index (κ1) is 15.0. The average Bonchev–Trinajstić information content (AvgIpc) is 2.27. The molecule has 1 aromatic carbocycles. The summed E-state index contributed by atoms with van der Waals surface area (Å²) in [5, 5.41) is 9.72. The van der Waals surface area contributed by atoms with Gasteiger partial charge in [-0.05, 0) is 44.5 Å². The molecule has 0 unspecified atom stereocenters. The SMILES string of the molecule is CC(=O)O[C@@H](C)c1ccc(O)c(C(=O)C=C(C)C)c1. The number of hydrogen-bond acceptors (Lipinski definition) is 4. The summed E-state index contributed by atoms with van der Waals surface area (Å²) in [6.07, 6.45) is 0.992. The molecule has 1 rings (SSSR count). The van der Waals surface area contributed by atoms with E-state index in [0.29, 0.717) is 5.56 Å². The van der Waals surface area contributed by atoms with E-state index < -0.39 is 12.1 Å². The molecule has 102 valence electrons. The van der Waals surface area contributed by atoms with Crippen LogP contribution in [-0.4, -0.2) is 16.9 Å². The molecule has 0 bridgehead atoms. The molecule has 0 saturated heterocycles. The quantitative estimate of drug-likeness (QED) is 0.514. The van der Waals surface area contributed by atoms with Gasteiger partial charge in [0.2, 0.25) is 0 Å². The Bertz CT molecular complexity index is 525. The molecule has 0 amide bonds. The fourth-order valence-corrected chi connectivity index (χ4v) is 1.66. The van der Waals surface area contributed by atoms with Gasteiger partial charge in [-0.25, -0.2) is 0 Å². The van der Waals surface area contributed by atoms with Gasteiger partial charge in [-0.1, -0.05) is 11.6 Å². The van der Waals surface area contributed by atoms with Gasteiger partial charge in [-0.2, -0.15) is 0 Å². The van der Waals surface area contributed by atoms with Crippen molar-refractivity contribution in [2.24, 2.45) is 0 Å². The second-order valence-electron chi connectivity index (χ2n) is 4.61. The van der Waals surface area contributed by atoms with Gasteiger partial charge in [0, 0.05) is 6.92 Å². The lowest BCUT2D eigenvalue weighted by molar-refractivity contribution is -0.145. The van der Waals surface area contributed by atoms with Crippen LogP contribution in [0.3, 0.4) is 0 Å². The van der Waals surface area contributed by atoms with Gasteiger partial charge >= 0.3 is 5.97 Å². The number of carbonyl (C=O) groups is 2. The van der Waals surface area contributed by atoms with Crippen LogP contribution in [0.5, 0.6) is 5.75 Å². The largest absolute Gasteiger partial charge is 0.507 e. The Hall–Kier alpha value is -2.10. The number of hydrogen-bond donors (Lipinski definition) is 1. The monoisotopic (exact) mass is 262 g/mol. The third-order valence-electron chi connectivity index (χ3n) is 2.52. The van der Waals surface area contributed by atoms with E-state index >= 15 is 0 Å². The molecule has 0 aliphatic rings. The minimum atomic E-state index is -0.462. The number of ether oxygens (including phenoxy) is 1. The highest BCUT2D eigenvalue weighted by atomic mass is 16.5. The zero-order chi connectivity index (χ0) is 14.6. The first-order valence-corrected chi connectivity index (χ1v) is 6.00. The Morgan fingerprint density at radius 2 is 1.89 bits per heavy atom. The predicted octanol–water partition coefficient (Wildman–Crippen LogP) is 3.17. The van der Waals surface area contributed by atoms with Crippen molar-refractivity contribution in [3.63, 3.8) is 0 Å². The third kappa shape index (κ3) is 4.25. The lowest BCUT2D eigenvalue weighted by Gasteiger charge is -2.13. The molecule has 1 aromatic rings. The first-order chi connectivity index (χ1) is 8.81. The number of rotatable bonds is 4. The molecule has 0 aliphatic heterocycles. The number of benzene rings is 1. The lowest BCUT2D eigenvalue weighted by Crippen LogP contribution is -2.06. The van der Waals surface area contributed by atoms with E-state index in [1.165, 1.54) is 19.1 Å². The molecule has 0 heterocycles. The summed E-state index contributed by atoms with van der Waals surface area (Å²) in [7, 11) is 0. The van der Waals surface area contributed by atoms with Gasteiger partial charge in [0.25, 0.3) is 0 Å². The standard InChI is InChI=1S/C15H18O4/c1-9(2)7-15(18)13-8-12(5-6-14(13)17)10(3)19-11(4)16/h5-8,10,17H,1-4H3/t10-/m0/s1. The minimum Gasteiger partial charge on any atom is -0.507 e. The maximum atomic E-state index is 11.9. The topological polar surface area (TPSA) is 63.6 Å². The summed E-state index contributed by atoms with van der Waals surface area (Å²) in [6.45, 7) is 6.65. The van der Waals surface area contributed by atoms with Crippen molar-refractivity contribution in [2.75, 3.05) is 0 Å². The summed E-state index contributed by atoms with van der Waals surface area (Å²) >= 11 is 0. The average molecular weight is 262 g/mol. The van der Waals surface area contributed by atoms with Gasteiger partial charge in [0.1, 0.15) is 11.9 Å². The second-order valence-corrected chi connectivity index (χ2v) is 4.61. The van der Waals surface area contributed by atoms with E-state index in [1.54, 1.807) is 32.9 Å². The summed E-state index contributed by atoms with van der Waals surface area (Å²) in [5.41, 5.74) is 1.72. The Kier molecular flexibility index (Phi) is 4.87. The molecule has 19 heavy (non-hydrogen) atoms. The maximum Gasteiger partial charge on any atom is 0.303 e. The van der Waals surface area contributed by atoms with Crippen molar-refractivity contribution in [2.45, 2.75) is 33.8 Å². The van der Waals surface area contributed by atoms with E-state index in [4.69, 9.17) is 4.74 Å². The molecule has 0 saturated carbocycles. The molecule has 1 N–H and O–H groups in total. The van der Waals surface area contributed by atoms with Crippen LogP contribution in [0.1, 0.15) is 49.7 Å². The number of ketones is 1. The Morgan fingerprint density at radius 3 is 2.42 bits per heavy atom. The zero-order valence-electron chi connectivity index (χ0n) is 11.6. The molecule has 4 nitrogen and oxygen atoms in total. The first-order valence-electron chi connectivity index (χ1n) is 6.00. The summed E-state index contributed by atoms with van der Waals surface area (Å²) in [5.74, 6) is -0.742. The van der Waals surface area contributed by atoms with Gasteiger partial charge in [-0.15, -0.1) is 0 Å². The smallest absolute Gasteiger partial charge is 0.303 e. The van der Waals surface area contributed by atoms with Crippen LogP contribution < -0.4 is 0 Å². The molecule has 0 aromatic heterocycles. The zero-order valence-corrected chi connectivity index (χ0v) is 11.6. The number of phenolic OH excluding ortho intramolecular Hbond substituents is 1. The molecule has 0 fully saturated rings. The molecule has 4 heteroatoms. The van der Waals surface area contributed by atoms with Gasteiger partial charge in [-0.3, -0.25) is 9.59 Å². The van der Waals surface area contributed by atoms with Crippen LogP contribution in [-0.2, 0) is 9.53 Å². The van der Waals surface area contributed by atoms with Crippen LogP contribution in [0.2, 0.25) is 0 Å². The van der Waals surface area contributed by atoms with Crippen molar-refractivity contribution in [3.05, 3.63) is 41.0 Å². The van der Waals surface area contributed by atoms with Crippen LogP contribution >= 0.6 is 0 Å². The number of allylic oxidation sites excluding steroid dienone is 2. The lowest BCUT2D eigenvalue weighted by atomic mass is 10.0. The summed E-state index contributed by atoms with van der Waals surface area (Å²) in [4.78, 5) is 22.8. The number of esters is 1. The fraction of sp³-hybridized carbons (Fsp3) is 0.333. The van der Waals surface area contributed by atoms with Crippen molar-refractivity contribution in [3.8, 4) is 5.75 Å². The van der Waals surface area contributed by atoms with Gasteiger partial charge in [0.15, 0.2) is 5.78 Å². The van der Waals surface area contributed by atoms with Crippen molar-refractivity contribution < 1.29 is 19.4 Å². The molecule has 0 spiro atoms. The van der Waals surface area contributed by atoms with E-state index in [2.05, 4.69) is 0 Å². The molecular weight excluding hydrogens is 244 g/mol. The third-order valence-corrected chi connectivity index (χ3v) is 2.52. The Labute approximate surface area is 112 Å². The second kappa shape index (κ2) is 6.18. The summed E-state index contributed by atoms with van der Waals surface area (Å²) < 4.78 is 5.04. The van der Waals surface area contributed by atoms with E-state index in [0.717, 1.165) is 5.57 Å². The van der Waals surface area contributed by atoms with E-state index in [1.807, 2.05) is 0 Å². The van der Waals surface area contributed by atoms with E-state index in [-0.39, 0.29) is 17.1 Å². The van der Waals surface area contributed by atoms with Crippen molar-refractivity contribution >= 4 is 11.8 Å². The number of phenols is 1. The van der Waals surface area contributed by atoms with Crippen molar-refractivity contribution in [1.82, 2.24) is 0 Å². The highest BCUT2D eigenvalue weighted by Gasteiger charge is 2.14. The Balaban J connectivity index is 3.10. The number of carbonyl (C=O) groups excluding carboxylic acids is 2. The molecule has 0 aliphatic carbocycles. The Morgan fingerprint density at radius 1 is 1.26 bits per heavy atom. The fourth-order valence-electron chi connectivity index (χ4n) is 1.66. The van der Waals surface area contributed by atoms with Gasteiger partial charge in [0.05, 0.1) is 5.56 Å². The normalized spacial score (nSPS) is 11.6. The number of aromatic hydroxyl groups is 1. The van der Waals surface area contributed by atoms with Crippen LogP contribution in [0.4, 0.5) is 0 Å². The van der Waals surface area contributed by atoms with Crippen molar-refractivity contribution in [1.29, 1.82) is 0 Å². The highest BCUT2D eigenvalue weighted by Crippen LogP contribution is 2.25. The van der Waals surface area contributed by atoms with Gasteiger partial charge < -0.3 is 9.84 Å². The highest BCUT2D eigenvalue weighted by molar-refractivity contribution is 6.06. The predicted molar refractivity (Wildman–Crippen MR) is 72.0 cm³/mol.